The number of rotatable bonds is 7. The van der Waals surface area contributed by atoms with Gasteiger partial charge in [0.2, 0.25) is 11.8 Å². The molecule has 0 atom stereocenters. The first-order chi connectivity index (χ1) is 10.0. The zero-order valence-electron chi connectivity index (χ0n) is 11.9. The average molecular weight is 292 g/mol. The molecule has 0 heterocycles. The Morgan fingerprint density at radius 1 is 0.952 bits per heavy atom. The van der Waals surface area contributed by atoms with Gasteiger partial charge in [0.15, 0.2) is 0 Å². The van der Waals surface area contributed by atoms with Gasteiger partial charge >= 0.3 is 0 Å². The van der Waals surface area contributed by atoms with Gasteiger partial charge in [-0.15, -0.1) is 0 Å². The Kier molecular flexibility index (Phi) is 6.73. The van der Waals surface area contributed by atoms with Crippen LogP contribution in [0.1, 0.15) is 23.7 Å². The van der Waals surface area contributed by atoms with E-state index >= 15 is 0 Å². The highest BCUT2D eigenvalue weighted by atomic mass is 16.2. The summed E-state index contributed by atoms with van der Waals surface area (Å²) in [5.74, 6) is -1.05. The number of carbonyl (C=O) groups is 3. The van der Waals surface area contributed by atoms with Crippen molar-refractivity contribution in [1.29, 1.82) is 0 Å². The van der Waals surface area contributed by atoms with Gasteiger partial charge in [0, 0.05) is 17.8 Å². The molecule has 0 spiro atoms. The summed E-state index contributed by atoms with van der Waals surface area (Å²) in [5, 5.41) is 7.51. The van der Waals surface area contributed by atoms with Crippen LogP contribution in [-0.4, -0.2) is 37.4 Å². The number of nitrogens with two attached hydrogens (primary N) is 1. The fourth-order valence-electron chi connectivity index (χ4n) is 1.47. The first-order valence-corrected chi connectivity index (χ1v) is 6.70. The van der Waals surface area contributed by atoms with Gasteiger partial charge in [-0.1, -0.05) is 6.92 Å². The molecule has 1 rings (SSSR count). The fourth-order valence-corrected chi connectivity index (χ4v) is 1.47. The zero-order valence-corrected chi connectivity index (χ0v) is 11.9. The standard InChI is InChI=1S/C14H20N4O3/c1-2-7-16-12(19)8-17-13(20)9-18-14(21)10-3-5-11(15)6-4-10/h3-6H,2,7-9,15H2,1H3,(H,16,19)(H,17,20)(H,18,21). The van der Waals surface area contributed by atoms with Gasteiger partial charge in [-0.25, -0.2) is 0 Å². The van der Waals surface area contributed by atoms with Crippen molar-refractivity contribution in [1.82, 2.24) is 16.0 Å². The van der Waals surface area contributed by atoms with Crippen molar-refractivity contribution < 1.29 is 14.4 Å². The van der Waals surface area contributed by atoms with Crippen LogP contribution < -0.4 is 21.7 Å². The van der Waals surface area contributed by atoms with E-state index in [0.717, 1.165) is 6.42 Å². The molecule has 0 aliphatic heterocycles. The Morgan fingerprint density at radius 2 is 1.52 bits per heavy atom. The maximum absolute atomic E-state index is 11.7. The van der Waals surface area contributed by atoms with E-state index in [9.17, 15) is 14.4 Å². The van der Waals surface area contributed by atoms with E-state index in [2.05, 4.69) is 16.0 Å². The molecule has 0 aromatic heterocycles. The molecule has 0 aliphatic rings. The van der Waals surface area contributed by atoms with Crippen molar-refractivity contribution >= 4 is 23.4 Å². The molecular formula is C14H20N4O3. The predicted octanol–water partition coefficient (Wildman–Crippen LogP) is -0.359. The topological polar surface area (TPSA) is 113 Å². The summed E-state index contributed by atoms with van der Waals surface area (Å²) in [6, 6.07) is 6.35. The summed E-state index contributed by atoms with van der Waals surface area (Å²) < 4.78 is 0. The SMILES string of the molecule is CCCNC(=O)CNC(=O)CNC(=O)c1ccc(N)cc1. The molecule has 7 nitrogen and oxygen atoms in total. The molecule has 114 valence electrons. The van der Waals surface area contributed by atoms with Gasteiger partial charge in [-0.05, 0) is 30.7 Å². The van der Waals surface area contributed by atoms with E-state index in [4.69, 9.17) is 5.73 Å². The Balaban J connectivity index is 2.28. The maximum Gasteiger partial charge on any atom is 0.251 e. The minimum Gasteiger partial charge on any atom is -0.399 e. The average Bonchev–Trinajstić information content (AvgIpc) is 2.49. The molecule has 0 fully saturated rings. The van der Waals surface area contributed by atoms with Gasteiger partial charge in [0.25, 0.3) is 5.91 Å². The van der Waals surface area contributed by atoms with Crippen LogP contribution >= 0.6 is 0 Å². The third-order valence-electron chi connectivity index (χ3n) is 2.60. The monoisotopic (exact) mass is 292 g/mol. The van der Waals surface area contributed by atoms with E-state index in [1.165, 1.54) is 0 Å². The second-order valence-electron chi connectivity index (χ2n) is 4.43. The minimum absolute atomic E-state index is 0.101. The highest BCUT2D eigenvalue weighted by Gasteiger charge is 2.08. The Hall–Kier alpha value is -2.57. The van der Waals surface area contributed by atoms with Crippen LogP contribution in [0.2, 0.25) is 0 Å². The molecular weight excluding hydrogens is 272 g/mol. The molecule has 0 bridgehead atoms. The van der Waals surface area contributed by atoms with Crippen LogP contribution in [0, 0.1) is 0 Å². The van der Waals surface area contributed by atoms with Crippen LogP contribution in [0.25, 0.3) is 0 Å². The van der Waals surface area contributed by atoms with Crippen molar-refractivity contribution in [2.24, 2.45) is 0 Å². The van der Waals surface area contributed by atoms with Crippen molar-refractivity contribution in [3.8, 4) is 0 Å². The second kappa shape index (κ2) is 8.57. The van der Waals surface area contributed by atoms with Gasteiger partial charge in [0.05, 0.1) is 13.1 Å². The van der Waals surface area contributed by atoms with Crippen molar-refractivity contribution in [3.63, 3.8) is 0 Å². The van der Waals surface area contributed by atoms with E-state index in [1.807, 2.05) is 6.92 Å². The van der Waals surface area contributed by atoms with Crippen molar-refractivity contribution in [3.05, 3.63) is 29.8 Å². The quantitative estimate of drug-likeness (QED) is 0.514. The third-order valence-corrected chi connectivity index (χ3v) is 2.60. The second-order valence-corrected chi connectivity index (χ2v) is 4.43. The summed E-state index contributed by atoms with van der Waals surface area (Å²) in [7, 11) is 0. The lowest BCUT2D eigenvalue weighted by atomic mass is 10.2. The number of amides is 3. The molecule has 0 radical (unpaired) electrons. The summed E-state index contributed by atoms with van der Waals surface area (Å²) in [6.07, 6.45) is 0.831. The lowest BCUT2D eigenvalue weighted by Crippen LogP contribution is -2.42. The molecule has 0 aliphatic carbocycles. The fraction of sp³-hybridized carbons (Fsp3) is 0.357. The smallest absolute Gasteiger partial charge is 0.251 e. The van der Waals surface area contributed by atoms with Crippen LogP contribution in [0.3, 0.4) is 0 Å². The van der Waals surface area contributed by atoms with Crippen LogP contribution in [0.4, 0.5) is 5.69 Å². The van der Waals surface area contributed by atoms with E-state index in [1.54, 1.807) is 24.3 Å². The number of hydrogen-bond acceptors (Lipinski definition) is 4. The van der Waals surface area contributed by atoms with Crippen molar-refractivity contribution in [2.75, 3.05) is 25.4 Å². The first-order valence-electron chi connectivity index (χ1n) is 6.70. The van der Waals surface area contributed by atoms with Gasteiger partial charge in [-0.2, -0.15) is 0 Å². The minimum atomic E-state index is -0.426. The number of nitrogens with one attached hydrogen (secondary N) is 3. The normalized spacial score (nSPS) is 9.76. The highest BCUT2D eigenvalue weighted by molar-refractivity contribution is 5.97. The zero-order chi connectivity index (χ0) is 15.7. The number of benzene rings is 1. The molecule has 1 aromatic rings. The lowest BCUT2D eigenvalue weighted by molar-refractivity contribution is -0.125. The Morgan fingerprint density at radius 3 is 2.14 bits per heavy atom. The van der Waals surface area contributed by atoms with Crippen molar-refractivity contribution in [2.45, 2.75) is 13.3 Å². The molecule has 0 saturated heterocycles. The summed E-state index contributed by atoms with van der Waals surface area (Å²) in [4.78, 5) is 34.5. The highest BCUT2D eigenvalue weighted by Crippen LogP contribution is 2.04. The van der Waals surface area contributed by atoms with Gasteiger partial charge in [0.1, 0.15) is 0 Å². The number of hydrogen-bond donors (Lipinski definition) is 4. The molecule has 0 unspecified atom stereocenters. The largest absolute Gasteiger partial charge is 0.399 e. The van der Waals surface area contributed by atoms with Gasteiger partial charge in [-0.3, -0.25) is 14.4 Å². The first kappa shape index (κ1) is 16.5. The van der Waals surface area contributed by atoms with Crippen LogP contribution in [0.5, 0.6) is 0 Å². The van der Waals surface area contributed by atoms with Gasteiger partial charge < -0.3 is 21.7 Å². The summed E-state index contributed by atoms with van der Waals surface area (Å²) in [6.45, 7) is 2.22. The Bertz CT molecular complexity index is 499. The Labute approximate surface area is 123 Å². The molecule has 3 amide bonds. The molecule has 21 heavy (non-hydrogen) atoms. The van der Waals surface area contributed by atoms with E-state index in [-0.39, 0.29) is 24.9 Å². The van der Waals surface area contributed by atoms with Crippen LogP contribution in [0.15, 0.2) is 24.3 Å². The molecule has 7 heteroatoms. The summed E-state index contributed by atoms with van der Waals surface area (Å²) in [5.41, 5.74) is 6.49. The molecule has 0 saturated carbocycles. The van der Waals surface area contributed by atoms with E-state index in [0.29, 0.717) is 17.8 Å². The number of carbonyl (C=O) groups excluding carboxylic acids is 3. The maximum atomic E-state index is 11.7. The van der Waals surface area contributed by atoms with E-state index < -0.39 is 5.91 Å². The molecule has 5 N–H and O–H groups in total. The summed E-state index contributed by atoms with van der Waals surface area (Å²) >= 11 is 0. The number of nitrogen functional groups attached to an aromatic ring is 1. The third kappa shape index (κ3) is 6.42. The van der Waals surface area contributed by atoms with Crippen LogP contribution in [-0.2, 0) is 9.59 Å². The predicted molar refractivity (Wildman–Crippen MR) is 79.5 cm³/mol. The molecule has 1 aromatic carbocycles. The lowest BCUT2D eigenvalue weighted by Gasteiger charge is -2.07. The number of anilines is 1.